The maximum atomic E-state index is 12.6. The summed E-state index contributed by atoms with van der Waals surface area (Å²) in [5, 5.41) is 0. The summed E-state index contributed by atoms with van der Waals surface area (Å²) in [6, 6.07) is 11.3. The summed E-state index contributed by atoms with van der Waals surface area (Å²) in [5.41, 5.74) is 4.63. The quantitative estimate of drug-likeness (QED) is 0.458. The Kier molecular flexibility index (Phi) is 7.15. The van der Waals surface area contributed by atoms with Crippen LogP contribution in [-0.4, -0.2) is 0 Å². The SMILES string of the molecule is CCC1=Cc2c(cccc2-c2ccc(C(F)(F)F)cc2)[CH]1.[Cl][Zr][Cl]. The van der Waals surface area contributed by atoms with Gasteiger partial charge < -0.3 is 0 Å². The van der Waals surface area contributed by atoms with Gasteiger partial charge in [0.1, 0.15) is 0 Å². The van der Waals surface area contributed by atoms with E-state index in [0.717, 1.165) is 40.8 Å². The Balaban J connectivity index is 0.000000647. The van der Waals surface area contributed by atoms with Crippen molar-refractivity contribution in [2.75, 3.05) is 0 Å². The topological polar surface area (TPSA) is 0 Å². The summed E-state index contributed by atoms with van der Waals surface area (Å²) >= 11 is -0.826. The number of benzene rings is 2. The van der Waals surface area contributed by atoms with Crippen molar-refractivity contribution in [1.29, 1.82) is 0 Å². The van der Waals surface area contributed by atoms with E-state index in [9.17, 15) is 13.2 Å². The molecule has 2 aromatic rings. The van der Waals surface area contributed by atoms with Crippen LogP contribution in [0.25, 0.3) is 17.2 Å². The zero-order valence-electron chi connectivity index (χ0n) is 12.8. The molecule has 0 atom stereocenters. The van der Waals surface area contributed by atoms with Crippen LogP contribution in [-0.2, 0) is 27.0 Å². The molecule has 1 aliphatic carbocycles. The Morgan fingerprint density at radius 1 is 1.00 bits per heavy atom. The summed E-state index contributed by atoms with van der Waals surface area (Å²) < 4.78 is 37.9. The summed E-state index contributed by atoms with van der Waals surface area (Å²) in [4.78, 5) is 0. The molecule has 0 N–H and O–H groups in total. The molecular weight excluding hydrogens is 435 g/mol. The Morgan fingerprint density at radius 3 is 2.17 bits per heavy atom. The zero-order chi connectivity index (χ0) is 17.7. The first-order chi connectivity index (χ1) is 11.4. The molecule has 0 nitrogen and oxygen atoms in total. The molecule has 0 aliphatic heterocycles. The van der Waals surface area contributed by atoms with Gasteiger partial charge in [-0.05, 0) is 40.8 Å². The molecule has 125 valence electrons. The first-order valence-electron chi connectivity index (χ1n) is 7.23. The average molecular weight is 449 g/mol. The van der Waals surface area contributed by atoms with Crippen LogP contribution in [0.1, 0.15) is 30.0 Å². The van der Waals surface area contributed by atoms with Crippen molar-refractivity contribution < 1.29 is 34.0 Å². The Bertz CT molecular complexity index is 722. The molecule has 0 heterocycles. The molecule has 0 spiro atoms. The summed E-state index contributed by atoms with van der Waals surface area (Å²) in [6.07, 6.45) is 0.895. The minimum absolute atomic E-state index is 0.616. The molecule has 6 heteroatoms. The summed E-state index contributed by atoms with van der Waals surface area (Å²) in [5.74, 6) is 0. The van der Waals surface area contributed by atoms with Crippen LogP contribution >= 0.6 is 17.0 Å². The Labute approximate surface area is 158 Å². The van der Waals surface area contributed by atoms with Gasteiger partial charge in [0.05, 0.1) is 5.56 Å². The van der Waals surface area contributed by atoms with E-state index < -0.39 is 32.6 Å². The Hall–Kier alpha value is -0.567. The molecule has 2 aromatic carbocycles. The second-order valence-corrected chi connectivity index (χ2v) is 8.90. The molecule has 0 bridgehead atoms. The van der Waals surface area contributed by atoms with E-state index in [4.69, 9.17) is 17.0 Å². The molecule has 0 aromatic heterocycles. The molecule has 1 radical (unpaired) electrons. The molecular formula is C18H14Cl2F3Zr. The van der Waals surface area contributed by atoms with Crippen molar-refractivity contribution in [3.63, 3.8) is 0 Å². The van der Waals surface area contributed by atoms with Gasteiger partial charge >= 0.3 is 44.1 Å². The molecule has 0 saturated heterocycles. The molecule has 0 unspecified atom stereocenters. The maximum absolute atomic E-state index is 12.6. The average Bonchev–Trinajstić information content (AvgIpc) is 2.98. The van der Waals surface area contributed by atoms with Gasteiger partial charge in [-0.2, -0.15) is 13.2 Å². The molecule has 0 amide bonds. The predicted octanol–water partition coefficient (Wildman–Crippen LogP) is 7.11. The monoisotopic (exact) mass is 447 g/mol. The number of allylic oxidation sites excluding steroid dienone is 1. The fourth-order valence-corrected chi connectivity index (χ4v) is 2.59. The van der Waals surface area contributed by atoms with Crippen molar-refractivity contribution in [2.45, 2.75) is 19.5 Å². The Morgan fingerprint density at radius 2 is 1.62 bits per heavy atom. The van der Waals surface area contributed by atoms with Gasteiger partial charge in [0.2, 0.25) is 0 Å². The normalized spacial score (nSPS) is 12.8. The number of rotatable bonds is 2. The fourth-order valence-electron chi connectivity index (χ4n) is 2.59. The molecule has 0 fully saturated rings. The van der Waals surface area contributed by atoms with Crippen LogP contribution in [0.3, 0.4) is 0 Å². The van der Waals surface area contributed by atoms with Crippen molar-refractivity contribution in [1.82, 2.24) is 0 Å². The van der Waals surface area contributed by atoms with Gasteiger partial charge in [0.15, 0.2) is 0 Å². The van der Waals surface area contributed by atoms with Crippen LogP contribution in [0, 0.1) is 6.42 Å². The van der Waals surface area contributed by atoms with Crippen LogP contribution in [0.2, 0.25) is 0 Å². The van der Waals surface area contributed by atoms with Gasteiger partial charge in [-0.25, -0.2) is 0 Å². The van der Waals surface area contributed by atoms with Gasteiger partial charge in [0, 0.05) is 6.42 Å². The summed E-state index contributed by atoms with van der Waals surface area (Å²) in [6.45, 7) is 2.09. The van der Waals surface area contributed by atoms with Crippen LogP contribution in [0.15, 0.2) is 48.0 Å². The number of hydrogen-bond acceptors (Lipinski definition) is 0. The van der Waals surface area contributed by atoms with Gasteiger partial charge in [-0.3, -0.25) is 0 Å². The van der Waals surface area contributed by atoms with Crippen molar-refractivity contribution in [2.24, 2.45) is 0 Å². The van der Waals surface area contributed by atoms with Crippen molar-refractivity contribution in [3.05, 3.63) is 71.1 Å². The van der Waals surface area contributed by atoms with E-state index in [1.54, 1.807) is 0 Å². The van der Waals surface area contributed by atoms with Crippen LogP contribution in [0.4, 0.5) is 13.2 Å². The third-order valence-electron chi connectivity index (χ3n) is 3.74. The van der Waals surface area contributed by atoms with Crippen LogP contribution < -0.4 is 0 Å². The predicted molar refractivity (Wildman–Crippen MR) is 90.3 cm³/mol. The van der Waals surface area contributed by atoms with E-state index in [0.29, 0.717) is 0 Å². The third-order valence-corrected chi connectivity index (χ3v) is 3.74. The molecule has 0 saturated carbocycles. The molecule has 1 aliphatic rings. The van der Waals surface area contributed by atoms with E-state index in [-0.39, 0.29) is 0 Å². The molecule has 24 heavy (non-hydrogen) atoms. The minimum atomic E-state index is -4.29. The van der Waals surface area contributed by atoms with Gasteiger partial charge in [-0.1, -0.05) is 48.9 Å². The number of hydrogen-bond donors (Lipinski definition) is 0. The van der Waals surface area contributed by atoms with E-state index in [1.165, 1.54) is 17.7 Å². The standard InChI is InChI=1S/C18H14F3.2ClH.Zr/c1-2-12-10-14-4-3-5-16(17(14)11-12)13-6-8-15(9-7-13)18(19,20)21;;;/h3-11H,2H2,1H3;2*1H;/q;;;+2/p-2. The first-order valence-corrected chi connectivity index (χ1v) is 13.6. The van der Waals surface area contributed by atoms with E-state index >= 15 is 0 Å². The second kappa shape index (κ2) is 8.69. The third kappa shape index (κ3) is 4.74. The van der Waals surface area contributed by atoms with Crippen molar-refractivity contribution in [3.8, 4) is 11.1 Å². The summed E-state index contributed by atoms with van der Waals surface area (Å²) in [7, 11) is 9.87. The number of alkyl halides is 3. The van der Waals surface area contributed by atoms with Gasteiger partial charge in [0.25, 0.3) is 0 Å². The van der Waals surface area contributed by atoms with E-state index in [1.807, 2.05) is 18.2 Å². The molecule has 3 rings (SSSR count). The second-order valence-electron chi connectivity index (χ2n) is 5.17. The first kappa shape index (κ1) is 19.8. The fraction of sp³-hybridized carbons (Fsp3) is 0.167. The van der Waals surface area contributed by atoms with Gasteiger partial charge in [-0.15, -0.1) is 0 Å². The van der Waals surface area contributed by atoms with E-state index in [2.05, 4.69) is 19.4 Å². The van der Waals surface area contributed by atoms with Crippen molar-refractivity contribution >= 4 is 23.1 Å². The number of halogens is 5. The van der Waals surface area contributed by atoms with Crippen LogP contribution in [0.5, 0.6) is 0 Å². The zero-order valence-corrected chi connectivity index (χ0v) is 16.8. The number of fused-ring (bicyclic) bond motifs is 1.